The highest BCUT2D eigenvalue weighted by atomic mass is 35.5. The average Bonchev–Trinajstić information content (AvgIpc) is 3.81. The lowest BCUT2D eigenvalue weighted by molar-refractivity contribution is -0.123. The van der Waals surface area contributed by atoms with Crippen molar-refractivity contribution in [1.29, 1.82) is 0 Å². The number of rotatable bonds is 8. The molecule has 4 aliphatic rings. The summed E-state index contributed by atoms with van der Waals surface area (Å²) >= 11 is 21.0. The zero-order valence-corrected chi connectivity index (χ0v) is 29.7. The summed E-state index contributed by atoms with van der Waals surface area (Å²) in [6, 6.07) is 17.2. The van der Waals surface area contributed by atoms with E-state index in [9.17, 15) is 19.2 Å². The molecule has 9 nitrogen and oxygen atoms in total. The van der Waals surface area contributed by atoms with E-state index in [1.54, 1.807) is 60.3 Å². The molecule has 2 bridgehead atoms. The number of fused-ring (bicyclic) bond motifs is 9. The topological polar surface area (TPSA) is 118 Å². The number of thioether (sulfide) groups is 1. The number of hydrogen-bond acceptors (Lipinski definition) is 8. The quantitative estimate of drug-likeness (QED) is 0.179. The molecule has 3 amide bonds. The zero-order valence-electron chi connectivity index (χ0n) is 25.8. The van der Waals surface area contributed by atoms with Crippen LogP contribution in [0.25, 0.3) is 0 Å². The number of nitrogens with one attached hydrogen (secondary N) is 2. The van der Waals surface area contributed by atoms with Crippen molar-refractivity contribution in [3.63, 3.8) is 0 Å². The second-order valence-electron chi connectivity index (χ2n) is 12.6. The largest absolute Gasteiger partial charge is 0.490 e. The van der Waals surface area contributed by atoms with Gasteiger partial charge in [0.05, 0.1) is 39.2 Å². The number of carbonyl (C=O) groups excluding carboxylic acids is 3. The van der Waals surface area contributed by atoms with Gasteiger partial charge in [0.2, 0.25) is 11.8 Å². The van der Waals surface area contributed by atoms with Crippen molar-refractivity contribution in [3.05, 3.63) is 95.8 Å². The van der Waals surface area contributed by atoms with Crippen molar-refractivity contribution >= 4 is 87.0 Å². The van der Waals surface area contributed by atoms with Gasteiger partial charge in [0.1, 0.15) is 0 Å². The Kier molecular flexibility index (Phi) is 8.47. The summed E-state index contributed by atoms with van der Waals surface area (Å²) in [6.07, 6.45) is 0.771. The molecule has 0 unspecified atom stereocenters. The van der Waals surface area contributed by atoms with Gasteiger partial charge in [-0.15, -0.1) is 11.8 Å². The first kappa shape index (κ1) is 32.7. The molecule has 1 saturated heterocycles. The minimum atomic E-state index is -0.433. The lowest BCUT2D eigenvalue weighted by Gasteiger charge is -2.43. The van der Waals surface area contributed by atoms with E-state index in [2.05, 4.69) is 10.3 Å². The number of H-pyrrole nitrogens is 1. The molecule has 2 N–H and O–H groups in total. The number of aromatic nitrogens is 1. The lowest BCUT2D eigenvalue weighted by atomic mass is 9.68. The van der Waals surface area contributed by atoms with E-state index < -0.39 is 17.7 Å². The molecule has 0 radical (unpaired) electrons. The summed E-state index contributed by atoms with van der Waals surface area (Å²) in [4.78, 5) is 58.5. The van der Waals surface area contributed by atoms with E-state index in [1.165, 1.54) is 16.2 Å². The van der Waals surface area contributed by atoms with Crippen molar-refractivity contribution in [2.75, 3.05) is 23.4 Å². The molecular formula is C35H28Cl3N3O6S2. The SMILES string of the molecule is CCOc1cc([C@@H]2c3sc(=O)[nH]c3S[C@@H]3[C@@H]4C[C@@H]([C@@H]5C(=O)N(c6ccc(Cl)cc6)C(=O)[C@@H]45)[C@H]23)ccc1OCC(=O)Nc1ccc(Cl)c(Cl)c1. The van der Waals surface area contributed by atoms with Crippen LogP contribution in [0.1, 0.15) is 29.7 Å². The van der Waals surface area contributed by atoms with Crippen molar-refractivity contribution in [2.45, 2.75) is 29.5 Å². The Hall–Kier alpha value is -3.48. The van der Waals surface area contributed by atoms with Crippen LogP contribution in [0.5, 0.6) is 11.5 Å². The highest BCUT2D eigenvalue weighted by molar-refractivity contribution is 8.00. The van der Waals surface area contributed by atoms with Crippen LogP contribution in [0.4, 0.5) is 11.4 Å². The molecule has 2 aliphatic heterocycles. The van der Waals surface area contributed by atoms with Crippen LogP contribution in [0.3, 0.4) is 0 Å². The Morgan fingerprint density at radius 2 is 1.67 bits per heavy atom. The molecular weight excluding hydrogens is 729 g/mol. The summed E-state index contributed by atoms with van der Waals surface area (Å²) in [5.41, 5.74) is 1.94. The first-order valence-corrected chi connectivity index (χ1v) is 18.6. The minimum Gasteiger partial charge on any atom is -0.490 e. The van der Waals surface area contributed by atoms with E-state index >= 15 is 0 Å². The Morgan fingerprint density at radius 1 is 0.918 bits per heavy atom. The van der Waals surface area contributed by atoms with Crippen LogP contribution in [-0.4, -0.2) is 41.2 Å². The molecule has 4 aromatic rings. The van der Waals surface area contributed by atoms with Crippen molar-refractivity contribution in [3.8, 4) is 11.5 Å². The van der Waals surface area contributed by atoms with Crippen LogP contribution in [0.2, 0.25) is 15.1 Å². The van der Waals surface area contributed by atoms with Gasteiger partial charge in [-0.25, -0.2) is 0 Å². The number of thiazole rings is 1. The third-order valence-electron chi connectivity index (χ3n) is 10.00. The molecule has 3 heterocycles. The Bertz CT molecular complexity index is 2070. The van der Waals surface area contributed by atoms with Gasteiger partial charge in [0.15, 0.2) is 18.1 Å². The maximum absolute atomic E-state index is 14.0. The molecule has 2 aliphatic carbocycles. The lowest BCUT2D eigenvalue weighted by Crippen LogP contribution is -2.42. The van der Waals surface area contributed by atoms with Gasteiger partial charge >= 0.3 is 4.87 Å². The molecule has 0 spiro atoms. The fraction of sp³-hybridized carbons (Fsp3) is 0.314. The summed E-state index contributed by atoms with van der Waals surface area (Å²) in [5.74, 6) is -0.961. The van der Waals surface area contributed by atoms with E-state index in [1.807, 2.05) is 19.1 Å². The monoisotopic (exact) mass is 755 g/mol. The molecule has 3 fully saturated rings. The predicted molar refractivity (Wildman–Crippen MR) is 191 cm³/mol. The fourth-order valence-corrected chi connectivity index (χ4v) is 11.6. The summed E-state index contributed by atoms with van der Waals surface area (Å²) in [6.45, 7) is 1.94. The van der Waals surface area contributed by atoms with Crippen LogP contribution >= 0.6 is 57.9 Å². The van der Waals surface area contributed by atoms with Crippen LogP contribution < -0.4 is 24.6 Å². The van der Waals surface area contributed by atoms with Crippen LogP contribution in [0, 0.1) is 29.6 Å². The van der Waals surface area contributed by atoms with Gasteiger partial charge < -0.3 is 19.8 Å². The number of benzene rings is 3. The van der Waals surface area contributed by atoms with Crippen molar-refractivity contribution in [2.24, 2.45) is 29.6 Å². The molecule has 252 valence electrons. The maximum Gasteiger partial charge on any atom is 0.305 e. The number of aromatic amines is 1. The van der Waals surface area contributed by atoms with Gasteiger partial charge in [0, 0.05) is 26.8 Å². The minimum absolute atomic E-state index is 0.00957. The molecule has 7 atom stereocenters. The molecule has 3 aromatic carbocycles. The fourth-order valence-electron chi connectivity index (χ4n) is 8.25. The summed E-state index contributed by atoms with van der Waals surface area (Å²) in [5, 5.41) is 4.83. The number of carbonyl (C=O) groups is 3. The van der Waals surface area contributed by atoms with E-state index in [0.717, 1.165) is 21.9 Å². The predicted octanol–water partition coefficient (Wildman–Crippen LogP) is 7.49. The third-order valence-corrected chi connectivity index (χ3v) is 13.6. The first-order valence-electron chi connectivity index (χ1n) is 15.8. The normalized spacial score (nSPS) is 26.4. The number of imide groups is 1. The van der Waals surface area contributed by atoms with Crippen LogP contribution in [-0.2, 0) is 14.4 Å². The summed E-state index contributed by atoms with van der Waals surface area (Å²) in [7, 11) is 0. The molecule has 2 saturated carbocycles. The molecule has 8 rings (SSSR count). The van der Waals surface area contributed by atoms with E-state index in [4.69, 9.17) is 44.3 Å². The number of anilines is 2. The Labute approximate surface area is 304 Å². The molecule has 1 aromatic heterocycles. The number of ether oxygens (including phenoxy) is 2. The van der Waals surface area contributed by atoms with E-state index in [0.29, 0.717) is 44.5 Å². The number of amides is 3. The average molecular weight is 757 g/mol. The van der Waals surface area contributed by atoms with Gasteiger partial charge in [-0.3, -0.25) is 24.1 Å². The highest BCUT2D eigenvalue weighted by Crippen LogP contribution is 2.68. The van der Waals surface area contributed by atoms with Crippen molar-refractivity contribution in [1.82, 2.24) is 4.98 Å². The Morgan fingerprint density at radius 3 is 2.41 bits per heavy atom. The van der Waals surface area contributed by atoms with Gasteiger partial charge in [-0.1, -0.05) is 52.2 Å². The standard InChI is InChI=1S/C35H28Cl3N3O6S2/c1-2-46-24-11-15(3-10-23(24)47-14-25(42)39-17-6-9-21(37)22(38)12-17)26-27-19-13-20(30(27)48-32-31(26)49-35(45)40-32)29-28(19)33(43)41(34(29)44)18-7-4-16(36)5-8-18/h3-12,19-20,26-30H,2,13-14H2,1H3,(H,39,42)(H,40,45)/t19-,20-,26+,27-,28+,29+,30-/m1/s1. The Balaban J connectivity index is 1.09. The number of hydrogen-bond donors (Lipinski definition) is 2. The third kappa shape index (κ3) is 5.54. The number of nitrogens with zero attached hydrogens (tertiary/aromatic N) is 1. The van der Waals surface area contributed by atoms with Crippen LogP contribution in [0.15, 0.2) is 70.5 Å². The maximum atomic E-state index is 14.0. The second-order valence-corrected chi connectivity index (χ2v) is 16.0. The summed E-state index contributed by atoms with van der Waals surface area (Å²) < 4.78 is 11.9. The van der Waals surface area contributed by atoms with E-state index in [-0.39, 0.29) is 52.2 Å². The highest BCUT2D eigenvalue weighted by Gasteiger charge is 2.69. The molecule has 14 heteroatoms. The second kappa shape index (κ2) is 12.7. The first-order chi connectivity index (χ1) is 23.6. The smallest absolute Gasteiger partial charge is 0.305 e. The zero-order chi connectivity index (χ0) is 34.1. The van der Waals surface area contributed by atoms with Crippen molar-refractivity contribution < 1.29 is 23.9 Å². The van der Waals surface area contributed by atoms with Gasteiger partial charge in [-0.05, 0) is 91.3 Å². The number of halogens is 3. The van der Waals surface area contributed by atoms with Gasteiger partial charge in [0.25, 0.3) is 5.91 Å². The molecule has 49 heavy (non-hydrogen) atoms. The van der Waals surface area contributed by atoms with Gasteiger partial charge in [-0.2, -0.15) is 0 Å².